The Balaban J connectivity index is 1.80. The fraction of sp³-hybridized carbons (Fsp3) is 0.368. The lowest BCUT2D eigenvalue weighted by Crippen LogP contribution is -2.44. The van der Waals surface area contributed by atoms with Crippen LogP contribution in [0, 0.1) is 12.7 Å². The molecule has 1 saturated heterocycles. The van der Waals surface area contributed by atoms with Gasteiger partial charge in [-0.05, 0) is 49.2 Å². The van der Waals surface area contributed by atoms with Crippen LogP contribution in [-0.2, 0) is 26.1 Å². The first-order valence-electron chi connectivity index (χ1n) is 8.67. The zero-order valence-electron chi connectivity index (χ0n) is 14.9. The topological polar surface area (TPSA) is 80.3 Å². The molecule has 1 heterocycles. The summed E-state index contributed by atoms with van der Waals surface area (Å²) < 4.78 is 63.8. The molecule has 0 unspecified atom stereocenters. The highest BCUT2D eigenvalue weighted by atomic mass is 32.2. The van der Waals surface area contributed by atoms with E-state index < -0.39 is 42.5 Å². The summed E-state index contributed by atoms with van der Waals surface area (Å²) in [6.45, 7) is 1.98. The molecular weight excluding hydrogens is 389 g/mol. The molecular formula is C19H22FNO4S2. The zero-order valence-corrected chi connectivity index (χ0v) is 16.6. The van der Waals surface area contributed by atoms with Crippen molar-refractivity contribution in [1.29, 1.82) is 0 Å². The van der Waals surface area contributed by atoms with Gasteiger partial charge in [-0.2, -0.15) is 0 Å². The molecule has 2 atom stereocenters. The van der Waals surface area contributed by atoms with Crippen LogP contribution in [0.5, 0.6) is 0 Å². The summed E-state index contributed by atoms with van der Waals surface area (Å²) in [5.41, 5.74) is 1.36. The number of aryl methyl sites for hydroxylation is 1. The van der Waals surface area contributed by atoms with Gasteiger partial charge in [-0.15, -0.1) is 0 Å². The number of hydrogen-bond donors (Lipinski definition) is 1. The van der Waals surface area contributed by atoms with Gasteiger partial charge in [-0.3, -0.25) is 0 Å². The standard InChI is InChI=1S/C19H22FNO4S2/c1-14-11-16(20)7-8-18(14)27(24,25)19-13-26(22,23)12-17(19)21-10-9-15-5-3-2-4-6-15/h2-8,11,17,19,21H,9-10,12-13H2,1H3/t17-,19-/m0/s1. The predicted octanol–water partition coefficient (Wildman–Crippen LogP) is 1.91. The average molecular weight is 412 g/mol. The van der Waals surface area contributed by atoms with Crippen molar-refractivity contribution in [3.63, 3.8) is 0 Å². The quantitative estimate of drug-likeness (QED) is 0.735. The van der Waals surface area contributed by atoms with Crippen molar-refractivity contribution in [2.75, 3.05) is 18.1 Å². The molecule has 1 fully saturated rings. The number of halogens is 1. The van der Waals surface area contributed by atoms with Gasteiger partial charge in [0.15, 0.2) is 19.7 Å². The van der Waals surface area contributed by atoms with Crippen LogP contribution in [-0.4, -0.2) is 46.2 Å². The Morgan fingerprint density at radius 3 is 2.48 bits per heavy atom. The molecule has 0 bridgehead atoms. The first kappa shape index (κ1) is 20.0. The maximum Gasteiger partial charge on any atom is 0.184 e. The first-order valence-corrected chi connectivity index (χ1v) is 12.0. The van der Waals surface area contributed by atoms with Crippen molar-refractivity contribution in [1.82, 2.24) is 5.32 Å². The summed E-state index contributed by atoms with van der Waals surface area (Å²) in [5.74, 6) is -1.16. The molecule has 0 spiro atoms. The second kappa shape index (κ2) is 7.69. The predicted molar refractivity (Wildman–Crippen MR) is 103 cm³/mol. The third-order valence-corrected chi connectivity index (χ3v) is 9.11. The van der Waals surface area contributed by atoms with Crippen LogP contribution in [0.3, 0.4) is 0 Å². The van der Waals surface area contributed by atoms with Gasteiger partial charge in [0, 0.05) is 6.04 Å². The van der Waals surface area contributed by atoms with Crippen molar-refractivity contribution in [3.05, 3.63) is 65.5 Å². The van der Waals surface area contributed by atoms with E-state index in [0.717, 1.165) is 17.7 Å². The fourth-order valence-electron chi connectivity index (χ4n) is 3.45. The largest absolute Gasteiger partial charge is 0.311 e. The molecule has 8 heteroatoms. The van der Waals surface area contributed by atoms with Gasteiger partial charge in [-0.25, -0.2) is 21.2 Å². The van der Waals surface area contributed by atoms with Crippen LogP contribution >= 0.6 is 0 Å². The summed E-state index contributed by atoms with van der Waals surface area (Å²) in [6.07, 6.45) is 0.666. The molecule has 1 aliphatic heterocycles. The number of hydrogen-bond acceptors (Lipinski definition) is 5. The van der Waals surface area contributed by atoms with E-state index in [1.165, 1.54) is 13.0 Å². The molecule has 27 heavy (non-hydrogen) atoms. The molecule has 0 radical (unpaired) electrons. The zero-order chi connectivity index (χ0) is 19.7. The molecule has 1 aliphatic rings. The van der Waals surface area contributed by atoms with Crippen LogP contribution in [0.1, 0.15) is 11.1 Å². The molecule has 2 aromatic carbocycles. The Kier molecular flexibility index (Phi) is 5.69. The third kappa shape index (κ3) is 4.56. The van der Waals surface area contributed by atoms with Gasteiger partial charge in [0.1, 0.15) is 5.82 Å². The highest BCUT2D eigenvalue weighted by Gasteiger charge is 2.45. The fourth-order valence-corrected chi connectivity index (χ4v) is 8.40. The number of rotatable bonds is 6. The van der Waals surface area contributed by atoms with E-state index in [2.05, 4.69) is 5.32 Å². The number of sulfone groups is 2. The van der Waals surface area contributed by atoms with Crippen molar-refractivity contribution >= 4 is 19.7 Å². The lowest BCUT2D eigenvalue weighted by molar-refractivity contribution is 0.528. The molecule has 0 aliphatic carbocycles. The highest BCUT2D eigenvalue weighted by Crippen LogP contribution is 2.28. The molecule has 0 amide bonds. The Morgan fingerprint density at radius 2 is 1.81 bits per heavy atom. The number of nitrogens with one attached hydrogen (secondary N) is 1. The summed E-state index contributed by atoms with van der Waals surface area (Å²) in [5, 5.41) is 2.03. The summed E-state index contributed by atoms with van der Waals surface area (Å²) in [6, 6.07) is 12.4. The molecule has 0 aromatic heterocycles. The van der Waals surface area contributed by atoms with Gasteiger partial charge in [0.25, 0.3) is 0 Å². The Bertz CT molecular complexity index is 1020. The van der Waals surface area contributed by atoms with E-state index in [1.807, 2.05) is 30.3 Å². The SMILES string of the molecule is Cc1cc(F)ccc1S(=O)(=O)[C@H]1CS(=O)(=O)C[C@@H]1NCCc1ccccc1. The van der Waals surface area contributed by atoms with E-state index in [1.54, 1.807) is 0 Å². The van der Waals surface area contributed by atoms with E-state index >= 15 is 0 Å². The summed E-state index contributed by atoms with van der Waals surface area (Å²) in [4.78, 5) is -0.0131. The average Bonchev–Trinajstić information content (AvgIpc) is 2.91. The van der Waals surface area contributed by atoms with E-state index in [9.17, 15) is 21.2 Å². The van der Waals surface area contributed by atoms with E-state index in [0.29, 0.717) is 13.0 Å². The second-order valence-electron chi connectivity index (χ2n) is 6.87. The molecule has 3 rings (SSSR count). The van der Waals surface area contributed by atoms with Gasteiger partial charge in [0.2, 0.25) is 0 Å². The molecule has 2 aromatic rings. The Labute approximate surface area is 159 Å². The lowest BCUT2D eigenvalue weighted by atomic mass is 10.1. The minimum Gasteiger partial charge on any atom is -0.311 e. The van der Waals surface area contributed by atoms with Crippen LogP contribution in [0.4, 0.5) is 4.39 Å². The van der Waals surface area contributed by atoms with Crippen LogP contribution in [0.2, 0.25) is 0 Å². The van der Waals surface area contributed by atoms with Crippen LogP contribution in [0.25, 0.3) is 0 Å². The molecule has 0 saturated carbocycles. The van der Waals surface area contributed by atoms with E-state index in [4.69, 9.17) is 0 Å². The lowest BCUT2D eigenvalue weighted by Gasteiger charge is -2.21. The van der Waals surface area contributed by atoms with Crippen molar-refractivity contribution in [3.8, 4) is 0 Å². The van der Waals surface area contributed by atoms with Crippen molar-refractivity contribution < 1.29 is 21.2 Å². The van der Waals surface area contributed by atoms with E-state index in [-0.39, 0.29) is 16.2 Å². The number of benzene rings is 2. The first-order chi connectivity index (χ1) is 12.7. The Morgan fingerprint density at radius 1 is 1.11 bits per heavy atom. The highest BCUT2D eigenvalue weighted by molar-refractivity contribution is 7.96. The summed E-state index contributed by atoms with van der Waals surface area (Å²) >= 11 is 0. The van der Waals surface area contributed by atoms with Gasteiger partial charge >= 0.3 is 0 Å². The smallest absolute Gasteiger partial charge is 0.184 e. The van der Waals surface area contributed by atoms with Crippen molar-refractivity contribution in [2.24, 2.45) is 0 Å². The molecule has 146 valence electrons. The maximum atomic E-state index is 13.3. The normalized spacial score (nSPS) is 22.0. The van der Waals surface area contributed by atoms with Gasteiger partial charge in [0.05, 0.1) is 21.7 Å². The molecule has 1 N–H and O–H groups in total. The van der Waals surface area contributed by atoms with Crippen LogP contribution in [0.15, 0.2) is 53.4 Å². The monoisotopic (exact) mass is 411 g/mol. The Hall–Kier alpha value is -1.77. The van der Waals surface area contributed by atoms with Crippen LogP contribution < -0.4 is 5.32 Å². The minimum atomic E-state index is -3.91. The summed E-state index contributed by atoms with van der Waals surface area (Å²) in [7, 11) is -7.38. The van der Waals surface area contributed by atoms with Gasteiger partial charge < -0.3 is 5.32 Å². The third-order valence-electron chi connectivity index (χ3n) is 4.81. The molecule has 5 nitrogen and oxygen atoms in total. The minimum absolute atomic E-state index is 0.0131. The maximum absolute atomic E-state index is 13.3. The second-order valence-corrected chi connectivity index (χ2v) is 11.2. The van der Waals surface area contributed by atoms with Gasteiger partial charge in [-0.1, -0.05) is 30.3 Å². The van der Waals surface area contributed by atoms with Crippen molar-refractivity contribution in [2.45, 2.75) is 29.5 Å².